The molecule has 1 aromatic carbocycles. The molecule has 0 aromatic heterocycles. The van der Waals surface area contributed by atoms with Gasteiger partial charge < -0.3 is 9.84 Å². The van der Waals surface area contributed by atoms with Gasteiger partial charge in [-0.25, -0.2) is 4.79 Å². The molecule has 0 unspecified atom stereocenters. The number of ether oxygens (including phenoxy) is 1. The molecule has 0 radical (unpaired) electrons. The van der Waals surface area contributed by atoms with Gasteiger partial charge in [0.1, 0.15) is 16.1 Å². The number of unbranched alkanes of at least 4 members (excludes halogenated alkanes) is 5. The lowest BCUT2D eigenvalue weighted by Crippen LogP contribution is -2.47. The number of benzene rings is 1. The first-order valence-electron chi connectivity index (χ1n) is 10.6. The quantitative estimate of drug-likeness (QED) is 0.249. The summed E-state index contributed by atoms with van der Waals surface area (Å²) in [7, 11) is 0. The molecule has 2 rings (SSSR count). The molecular formula is C23H31NO4S2. The van der Waals surface area contributed by atoms with Crippen molar-refractivity contribution < 1.29 is 19.4 Å². The third-order valence-electron chi connectivity index (χ3n) is 4.93. The zero-order chi connectivity index (χ0) is 22.1. The maximum atomic E-state index is 12.8. The van der Waals surface area contributed by atoms with Gasteiger partial charge in [0.15, 0.2) is 0 Å². The monoisotopic (exact) mass is 449 g/mol. The molecule has 1 fully saturated rings. The van der Waals surface area contributed by atoms with Crippen molar-refractivity contribution >= 4 is 46.3 Å². The lowest BCUT2D eigenvalue weighted by Gasteiger charge is -2.26. The van der Waals surface area contributed by atoms with Crippen LogP contribution in [0.4, 0.5) is 0 Å². The van der Waals surface area contributed by atoms with Gasteiger partial charge in [0, 0.05) is 0 Å². The Labute approximate surface area is 188 Å². The Morgan fingerprint density at radius 2 is 1.80 bits per heavy atom. The number of rotatable bonds is 12. The van der Waals surface area contributed by atoms with Crippen LogP contribution in [-0.2, 0) is 9.59 Å². The van der Waals surface area contributed by atoms with Crippen LogP contribution in [0.1, 0.15) is 64.9 Å². The average molecular weight is 450 g/mol. The summed E-state index contributed by atoms with van der Waals surface area (Å²) < 4.78 is 6.07. The van der Waals surface area contributed by atoms with Crippen LogP contribution in [-0.4, -0.2) is 38.9 Å². The van der Waals surface area contributed by atoms with Crippen molar-refractivity contribution in [2.24, 2.45) is 5.92 Å². The van der Waals surface area contributed by atoms with Crippen molar-refractivity contribution in [1.29, 1.82) is 0 Å². The molecule has 0 saturated carbocycles. The number of carboxylic acid groups (broad SMARTS) is 1. The van der Waals surface area contributed by atoms with E-state index in [0.717, 1.165) is 29.5 Å². The highest BCUT2D eigenvalue weighted by molar-refractivity contribution is 8.26. The van der Waals surface area contributed by atoms with E-state index in [1.165, 1.54) is 37.0 Å². The normalized spacial score (nSPS) is 16.5. The molecule has 1 amide bonds. The number of aliphatic carboxylic acids is 1. The lowest BCUT2D eigenvalue weighted by atomic mass is 10.0. The van der Waals surface area contributed by atoms with E-state index in [4.69, 9.17) is 17.0 Å². The van der Waals surface area contributed by atoms with E-state index >= 15 is 0 Å². The predicted molar refractivity (Wildman–Crippen MR) is 127 cm³/mol. The summed E-state index contributed by atoms with van der Waals surface area (Å²) in [5, 5.41) is 9.49. The number of carbonyl (C=O) groups is 2. The highest BCUT2D eigenvalue weighted by Crippen LogP contribution is 2.35. The maximum absolute atomic E-state index is 12.8. The van der Waals surface area contributed by atoms with Crippen molar-refractivity contribution in [1.82, 2.24) is 4.90 Å². The summed E-state index contributed by atoms with van der Waals surface area (Å²) in [6.45, 7) is 6.46. The van der Waals surface area contributed by atoms with E-state index in [1.54, 1.807) is 19.9 Å². The molecular weight excluding hydrogens is 418 g/mol. The van der Waals surface area contributed by atoms with Crippen molar-refractivity contribution in [3.05, 3.63) is 34.7 Å². The highest BCUT2D eigenvalue weighted by atomic mass is 32.2. The fourth-order valence-electron chi connectivity index (χ4n) is 3.30. The number of carboxylic acids is 1. The van der Waals surface area contributed by atoms with E-state index in [2.05, 4.69) is 6.92 Å². The maximum Gasteiger partial charge on any atom is 0.327 e. The standard InChI is InChI=1S/C23H31NO4S2/c1-4-5-6-7-8-9-14-28-18-12-10-17(11-13-18)15-19-21(25)24(23(29)30-19)20(16(2)3)22(26)27/h10-13,15-16,20H,4-9,14H2,1-3H3,(H,26,27)/b19-15+/t20-/m1/s1. The Hall–Kier alpha value is -1.86. The number of hydrogen-bond donors (Lipinski definition) is 1. The second-order valence-electron chi connectivity index (χ2n) is 7.76. The van der Waals surface area contributed by atoms with Gasteiger partial charge >= 0.3 is 5.97 Å². The first-order valence-corrected chi connectivity index (χ1v) is 11.8. The Balaban J connectivity index is 1.93. The van der Waals surface area contributed by atoms with Crippen molar-refractivity contribution in [2.75, 3.05) is 6.61 Å². The van der Waals surface area contributed by atoms with Gasteiger partial charge in [0.25, 0.3) is 5.91 Å². The van der Waals surface area contributed by atoms with Crippen LogP contribution in [0.3, 0.4) is 0 Å². The van der Waals surface area contributed by atoms with Crippen molar-refractivity contribution in [3.63, 3.8) is 0 Å². The van der Waals surface area contributed by atoms with E-state index in [-0.39, 0.29) is 16.1 Å². The Kier molecular flexibility index (Phi) is 9.85. The number of thioether (sulfide) groups is 1. The van der Waals surface area contributed by atoms with Gasteiger partial charge in [-0.2, -0.15) is 0 Å². The van der Waals surface area contributed by atoms with Crippen LogP contribution in [0.25, 0.3) is 6.08 Å². The van der Waals surface area contributed by atoms with Gasteiger partial charge in [-0.05, 0) is 36.1 Å². The summed E-state index contributed by atoms with van der Waals surface area (Å²) in [6, 6.07) is 6.59. The number of thiocarbonyl (C=S) groups is 1. The third kappa shape index (κ3) is 6.84. The van der Waals surface area contributed by atoms with Crippen LogP contribution in [0.2, 0.25) is 0 Å². The molecule has 1 aliphatic heterocycles. The van der Waals surface area contributed by atoms with Crippen LogP contribution < -0.4 is 4.74 Å². The molecule has 0 spiro atoms. The van der Waals surface area contributed by atoms with E-state index < -0.39 is 12.0 Å². The number of carbonyl (C=O) groups excluding carboxylic acids is 1. The topological polar surface area (TPSA) is 66.8 Å². The van der Waals surface area contributed by atoms with Crippen LogP contribution >= 0.6 is 24.0 Å². The smallest absolute Gasteiger partial charge is 0.327 e. The molecule has 1 N–H and O–H groups in total. The fraction of sp³-hybridized carbons (Fsp3) is 0.522. The minimum absolute atomic E-state index is 0.243. The molecule has 1 saturated heterocycles. The minimum atomic E-state index is -1.05. The molecule has 30 heavy (non-hydrogen) atoms. The summed E-state index contributed by atoms with van der Waals surface area (Å²) in [6.07, 6.45) is 9.09. The molecule has 1 aromatic rings. The van der Waals surface area contributed by atoms with Crippen molar-refractivity contribution in [2.45, 2.75) is 65.3 Å². The average Bonchev–Trinajstić information content (AvgIpc) is 2.96. The number of nitrogens with zero attached hydrogens (tertiary/aromatic N) is 1. The SMILES string of the molecule is CCCCCCCCOc1ccc(/C=C2/SC(=S)N([C@@H](C(=O)O)C(C)C)C2=O)cc1. The molecule has 1 atom stereocenters. The second-order valence-corrected chi connectivity index (χ2v) is 9.44. The Morgan fingerprint density at radius 1 is 1.17 bits per heavy atom. The third-order valence-corrected chi connectivity index (χ3v) is 6.26. The first kappa shape index (κ1) is 24.4. The van der Waals surface area contributed by atoms with Crippen LogP contribution in [0.15, 0.2) is 29.2 Å². The molecule has 1 heterocycles. The summed E-state index contributed by atoms with van der Waals surface area (Å²) in [5.41, 5.74) is 0.846. The predicted octanol–water partition coefficient (Wildman–Crippen LogP) is 5.74. The van der Waals surface area contributed by atoms with Gasteiger partial charge in [-0.1, -0.05) is 89.0 Å². The molecule has 0 bridgehead atoms. The largest absolute Gasteiger partial charge is 0.494 e. The molecule has 7 heteroatoms. The van der Waals surface area contributed by atoms with Gasteiger partial charge in [-0.3, -0.25) is 9.69 Å². The second kappa shape index (κ2) is 12.1. The lowest BCUT2D eigenvalue weighted by molar-refractivity contribution is -0.146. The molecule has 0 aliphatic carbocycles. The summed E-state index contributed by atoms with van der Waals surface area (Å²) in [5.74, 6) is -0.838. The first-order chi connectivity index (χ1) is 14.3. The zero-order valence-electron chi connectivity index (χ0n) is 17.9. The van der Waals surface area contributed by atoms with E-state index in [1.807, 2.05) is 24.3 Å². The van der Waals surface area contributed by atoms with Crippen LogP contribution in [0, 0.1) is 5.92 Å². The zero-order valence-corrected chi connectivity index (χ0v) is 19.6. The van der Waals surface area contributed by atoms with Gasteiger partial charge in [-0.15, -0.1) is 0 Å². The number of hydrogen-bond acceptors (Lipinski definition) is 5. The number of amides is 1. The van der Waals surface area contributed by atoms with Crippen LogP contribution in [0.5, 0.6) is 5.75 Å². The van der Waals surface area contributed by atoms with E-state index in [0.29, 0.717) is 11.5 Å². The molecule has 5 nitrogen and oxygen atoms in total. The highest BCUT2D eigenvalue weighted by Gasteiger charge is 2.41. The fourth-order valence-corrected chi connectivity index (χ4v) is 4.63. The van der Waals surface area contributed by atoms with Gasteiger partial charge in [0.05, 0.1) is 11.5 Å². The molecule has 1 aliphatic rings. The molecule has 164 valence electrons. The Morgan fingerprint density at radius 3 is 2.40 bits per heavy atom. The minimum Gasteiger partial charge on any atom is -0.494 e. The van der Waals surface area contributed by atoms with Crippen molar-refractivity contribution in [3.8, 4) is 5.75 Å². The van der Waals surface area contributed by atoms with E-state index in [9.17, 15) is 14.7 Å². The van der Waals surface area contributed by atoms with Gasteiger partial charge in [0.2, 0.25) is 0 Å². The Bertz CT molecular complexity index is 774. The summed E-state index contributed by atoms with van der Waals surface area (Å²) >= 11 is 6.43. The summed E-state index contributed by atoms with van der Waals surface area (Å²) in [4.78, 5) is 26.0.